The highest BCUT2D eigenvalue weighted by Crippen LogP contribution is 2.49. The SMILES string of the molecule is CO[C@H]1O[C@@H]2C=CC3=CCO[C@]32[C@H]1OC(C)=O. The number of hydrogen-bond acceptors (Lipinski definition) is 5. The first-order valence-corrected chi connectivity index (χ1v) is 5.57. The van der Waals surface area contributed by atoms with Crippen molar-refractivity contribution in [2.45, 2.75) is 31.0 Å². The predicted molar refractivity (Wildman–Crippen MR) is 57.1 cm³/mol. The molecular weight excluding hydrogens is 224 g/mol. The molecule has 5 heteroatoms. The molecule has 0 saturated carbocycles. The zero-order valence-corrected chi connectivity index (χ0v) is 9.71. The van der Waals surface area contributed by atoms with E-state index in [-0.39, 0.29) is 12.1 Å². The summed E-state index contributed by atoms with van der Waals surface area (Å²) in [7, 11) is 1.53. The Morgan fingerprint density at radius 3 is 3.12 bits per heavy atom. The maximum absolute atomic E-state index is 11.2. The molecule has 3 rings (SSSR count). The second-order valence-corrected chi connectivity index (χ2v) is 4.31. The lowest BCUT2D eigenvalue weighted by molar-refractivity contribution is -0.181. The molecule has 0 amide bonds. The van der Waals surface area contributed by atoms with Gasteiger partial charge in [0.05, 0.1) is 6.61 Å². The normalized spacial score (nSPS) is 42.2. The Morgan fingerprint density at radius 2 is 2.41 bits per heavy atom. The van der Waals surface area contributed by atoms with Gasteiger partial charge in [-0.3, -0.25) is 4.79 Å². The van der Waals surface area contributed by atoms with Gasteiger partial charge in [0.15, 0.2) is 18.0 Å². The molecule has 92 valence electrons. The van der Waals surface area contributed by atoms with Crippen molar-refractivity contribution in [3.63, 3.8) is 0 Å². The number of ether oxygens (including phenoxy) is 4. The average molecular weight is 238 g/mol. The van der Waals surface area contributed by atoms with Crippen LogP contribution in [0.4, 0.5) is 0 Å². The van der Waals surface area contributed by atoms with Gasteiger partial charge >= 0.3 is 5.97 Å². The van der Waals surface area contributed by atoms with Crippen LogP contribution >= 0.6 is 0 Å². The van der Waals surface area contributed by atoms with Gasteiger partial charge in [-0.05, 0) is 5.57 Å². The van der Waals surface area contributed by atoms with Gasteiger partial charge in [0.25, 0.3) is 0 Å². The number of carbonyl (C=O) groups excluding carboxylic acids is 1. The molecule has 5 nitrogen and oxygen atoms in total. The Morgan fingerprint density at radius 1 is 1.59 bits per heavy atom. The van der Waals surface area contributed by atoms with E-state index in [1.165, 1.54) is 14.0 Å². The molecule has 17 heavy (non-hydrogen) atoms. The molecule has 3 aliphatic rings. The Balaban J connectivity index is 1.98. The summed E-state index contributed by atoms with van der Waals surface area (Å²) in [5.74, 6) is -0.363. The summed E-state index contributed by atoms with van der Waals surface area (Å²) < 4.78 is 22.1. The highest BCUT2D eigenvalue weighted by molar-refractivity contribution is 5.67. The van der Waals surface area contributed by atoms with Crippen molar-refractivity contribution in [2.75, 3.05) is 13.7 Å². The summed E-state index contributed by atoms with van der Waals surface area (Å²) in [5.41, 5.74) is 0.306. The molecule has 1 fully saturated rings. The predicted octanol–water partition coefficient (Wildman–Crippen LogP) is 0.555. The number of methoxy groups -OCH3 is 1. The first-order valence-electron chi connectivity index (χ1n) is 5.57. The number of rotatable bonds is 2. The largest absolute Gasteiger partial charge is 0.453 e. The quantitative estimate of drug-likeness (QED) is 0.658. The molecule has 0 aromatic heterocycles. The van der Waals surface area contributed by atoms with Crippen molar-refractivity contribution < 1.29 is 23.7 Å². The lowest BCUT2D eigenvalue weighted by atomic mass is 9.90. The summed E-state index contributed by atoms with van der Waals surface area (Å²) >= 11 is 0. The monoisotopic (exact) mass is 238 g/mol. The minimum Gasteiger partial charge on any atom is -0.453 e. The summed E-state index contributed by atoms with van der Waals surface area (Å²) in [6, 6.07) is 0. The minimum absolute atomic E-state index is 0.245. The molecule has 0 radical (unpaired) electrons. The fraction of sp³-hybridized carbons (Fsp3) is 0.583. The van der Waals surface area contributed by atoms with E-state index < -0.39 is 18.0 Å². The fourth-order valence-corrected chi connectivity index (χ4v) is 2.76. The average Bonchev–Trinajstić information content (AvgIpc) is 2.88. The molecule has 1 saturated heterocycles. The van der Waals surface area contributed by atoms with Crippen LogP contribution in [0, 0.1) is 0 Å². The van der Waals surface area contributed by atoms with Crippen molar-refractivity contribution in [3.8, 4) is 0 Å². The third kappa shape index (κ3) is 1.33. The van der Waals surface area contributed by atoms with Crippen LogP contribution in [0.5, 0.6) is 0 Å². The molecule has 1 aliphatic carbocycles. The Bertz CT molecular complexity index is 413. The zero-order valence-electron chi connectivity index (χ0n) is 9.71. The molecule has 2 heterocycles. The van der Waals surface area contributed by atoms with Crippen LogP contribution in [-0.4, -0.2) is 43.8 Å². The van der Waals surface area contributed by atoms with Gasteiger partial charge in [-0.1, -0.05) is 18.2 Å². The highest BCUT2D eigenvalue weighted by atomic mass is 16.7. The van der Waals surface area contributed by atoms with E-state index in [1.54, 1.807) is 0 Å². The van der Waals surface area contributed by atoms with Crippen LogP contribution in [0.3, 0.4) is 0 Å². The third-order valence-electron chi connectivity index (χ3n) is 3.43. The standard InChI is InChI=1S/C12H14O5/c1-7(13)16-10-11(14-2)17-9-4-3-8-5-6-15-12(8,9)10/h3-5,9-11H,6H2,1-2H3/t9-,10+,11+,12-/m1/s1. The maximum atomic E-state index is 11.2. The van der Waals surface area contributed by atoms with Gasteiger partial charge in [0.2, 0.25) is 0 Å². The zero-order chi connectivity index (χ0) is 12.0. The minimum atomic E-state index is -0.702. The van der Waals surface area contributed by atoms with E-state index >= 15 is 0 Å². The molecule has 2 aliphatic heterocycles. The Hall–Kier alpha value is -1.17. The lowest BCUT2D eigenvalue weighted by Gasteiger charge is -2.31. The molecule has 0 bridgehead atoms. The topological polar surface area (TPSA) is 54.0 Å². The molecule has 0 unspecified atom stereocenters. The van der Waals surface area contributed by atoms with Gasteiger partial charge in [0, 0.05) is 14.0 Å². The van der Waals surface area contributed by atoms with Crippen LogP contribution in [0.1, 0.15) is 6.92 Å². The molecule has 1 spiro atoms. The van der Waals surface area contributed by atoms with Gasteiger partial charge in [0.1, 0.15) is 6.10 Å². The van der Waals surface area contributed by atoms with E-state index in [0.29, 0.717) is 6.61 Å². The van der Waals surface area contributed by atoms with Crippen molar-refractivity contribution in [1.29, 1.82) is 0 Å². The molecular formula is C12H14O5. The van der Waals surface area contributed by atoms with E-state index in [2.05, 4.69) is 0 Å². The smallest absolute Gasteiger partial charge is 0.303 e. The van der Waals surface area contributed by atoms with Crippen LogP contribution in [0.25, 0.3) is 0 Å². The number of esters is 1. The van der Waals surface area contributed by atoms with Crippen LogP contribution in [0.2, 0.25) is 0 Å². The molecule has 0 N–H and O–H groups in total. The molecule has 0 aromatic rings. The Kier molecular flexibility index (Phi) is 2.36. The fourth-order valence-electron chi connectivity index (χ4n) is 2.76. The maximum Gasteiger partial charge on any atom is 0.303 e. The van der Waals surface area contributed by atoms with E-state index in [1.807, 2.05) is 18.2 Å². The molecule has 0 aromatic carbocycles. The summed E-state index contributed by atoms with van der Waals surface area (Å²) in [4.78, 5) is 11.2. The van der Waals surface area contributed by atoms with Crippen molar-refractivity contribution in [2.24, 2.45) is 0 Å². The van der Waals surface area contributed by atoms with Gasteiger partial charge in [-0.2, -0.15) is 0 Å². The first kappa shape index (κ1) is 11.0. The third-order valence-corrected chi connectivity index (χ3v) is 3.43. The van der Waals surface area contributed by atoms with Crippen LogP contribution in [-0.2, 0) is 23.7 Å². The van der Waals surface area contributed by atoms with Gasteiger partial charge in [-0.25, -0.2) is 0 Å². The highest BCUT2D eigenvalue weighted by Gasteiger charge is 2.64. The summed E-state index contributed by atoms with van der Waals surface area (Å²) in [5, 5.41) is 0. The Labute approximate surface area is 99.0 Å². The summed E-state index contributed by atoms with van der Waals surface area (Å²) in [6.45, 7) is 1.88. The van der Waals surface area contributed by atoms with E-state index in [9.17, 15) is 4.79 Å². The number of hydrogen-bond donors (Lipinski definition) is 0. The number of carbonyl (C=O) groups is 1. The summed E-state index contributed by atoms with van der Waals surface area (Å²) in [6.07, 6.45) is 4.47. The lowest BCUT2D eigenvalue weighted by Crippen LogP contribution is -2.49. The van der Waals surface area contributed by atoms with Crippen LogP contribution in [0.15, 0.2) is 23.8 Å². The van der Waals surface area contributed by atoms with Gasteiger partial charge in [-0.15, -0.1) is 0 Å². The van der Waals surface area contributed by atoms with E-state index in [0.717, 1.165) is 5.57 Å². The molecule has 4 atom stereocenters. The van der Waals surface area contributed by atoms with Gasteiger partial charge < -0.3 is 18.9 Å². The van der Waals surface area contributed by atoms with Crippen molar-refractivity contribution in [3.05, 3.63) is 23.8 Å². The second kappa shape index (κ2) is 3.66. The first-order chi connectivity index (χ1) is 8.18. The van der Waals surface area contributed by atoms with Crippen LogP contribution < -0.4 is 0 Å². The second-order valence-electron chi connectivity index (χ2n) is 4.31. The van der Waals surface area contributed by atoms with E-state index in [4.69, 9.17) is 18.9 Å². The van der Waals surface area contributed by atoms with Crippen molar-refractivity contribution in [1.82, 2.24) is 0 Å². The van der Waals surface area contributed by atoms with Crippen molar-refractivity contribution >= 4 is 5.97 Å².